The van der Waals surface area contributed by atoms with Crippen LogP contribution in [0, 0.1) is 13.8 Å². The summed E-state index contributed by atoms with van der Waals surface area (Å²) in [7, 11) is -1.42. The lowest BCUT2D eigenvalue weighted by atomic mass is 9.80. The molecule has 0 saturated carbocycles. The number of benzene rings is 2. The molecule has 3 nitrogen and oxygen atoms in total. The Kier molecular flexibility index (Phi) is 4.25. The molecule has 0 aromatic heterocycles. The molecule has 0 heterocycles. The highest BCUT2D eigenvalue weighted by molar-refractivity contribution is 6.58. The molecule has 4 heteroatoms. The first-order valence-corrected chi connectivity index (χ1v) is 6.20. The van der Waals surface area contributed by atoms with E-state index in [2.05, 4.69) is 6.07 Å². The van der Waals surface area contributed by atoms with Crippen LogP contribution >= 0.6 is 0 Å². The molecule has 0 aliphatic carbocycles. The molecule has 2 N–H and O–H groups in total. The van der Waals surface area contributed by atoms with Crippen LogP contribution in [-0.2, 0) is 6.61 Å². The summed E-state index contributed by atoms with van der Waals surface area (Å²) in [5, 5.41) is 18.0. The zero-order valence-electron chi connectivity index (χ0n) is 11.1. The van der Waals surface area contributed by atoms with Crippen molar-refractivity contribution < 1.29 is 14.8 Å². The van der Waals surface area contributed by atoms with E-state index in [9.17, 15) is 0 Å². The second-order valence-electron chi connectivity index (χ2n) is 4.73. The van der Waals surface area contributed by atoms with Crippen LogP contribution in [0.2, 0.25) is 0 Å². The van der Waals surface area contributed by atoms with Crippen LogP contribution in [-0.4, -0.2) is 17.2 Å². The predicted octanol–water partition coefficient (Wildman–Crippen LogP) is 1.56. The Morgan fingerprint density at radius 2 is 1.53 bits per heavy atom. The molecule has 0 aliphatic heterocycles. The second kappa shape index (κ2) is 5.91. The third kappa shape index (κ3) is 3.84. The summed E-state index contributed by atoms with van der Waals surface area (Å²) in [4.78, 5) is 0. The Labute approximate surface area is 113 Å². The van der Waals surface area contributed by atoms with Crippen LogP contribution in [0.5, 0.6) is 5.75 Å². The van der Waals surface area contributed by atoms with Gasteiger partial charge in [-0.05, 0) is 48.1 Å². The van der Waals surface area contributed by atoms with Gasteiger partial charge in [-0.1, -0.05) is 30.3 Å². The maximum atomic E-state index is 9.01. The van der Waals surface area contributed by atoms with Crippen molar-refractivity contribution in [1.29, 1.82) is 0 Å². The zero-order valence-corrected chi connectivity index (χ0v) is 11.1. The van der Waals surface area contributed by atoms with Gasteiger partial charge in [0.2, 0.25) is 0 Å². The summed E-state index contributed by atoms with van der Waals surface area (Å²) in [5.41, 5.74) is 3.82. The second-order valence-corrected chi connectivity index (χ2v) is 4.73. The molecule has 2 aromatic rings. The van der Waals surface area contributed by atoms with E-state index in [0.717, 1.165) is 11.3 Å². The van der Waals surface area contributed by atoms with Crippen molar-refractivity contribution in [3.05, 3.63) is 59.2 Å². The fourth-order valence-corrected chi connectivity index (χ4v) is 1.97. The molecule has 98 valence electrons. The van der Waals surface area contributed by atoms with Gasteiger partial charge in [0.15, 0.2) is 0 Å². The van der Waals surface area contributed by atoms with Gasteiger partial charge >= 0.3 is 7.12 Å². The molecular formula is C15H17BO3. The topological polar surface area (TPSA) is 49.7 Å². The average molecular weight is 256 g/mol. The van der Waals surface area contributed by atoms with Gasteiger partial charge in [0.25, 0.3) is 0 Å². The number of aryl methyl sites for hydroxylation is 2. The van der Waals surface area contributed by atoms with E-state index in [1.54, 1.807) is 12.1 Å². The van der Waals surface area contributed by atoms with Crippen molar-refractivity contribution in [2.75, 3.05) is 0 Å². The van der Waals surface area contributed by atoms with Crippen molar-refractivity contribution in [3.63, 3.8) is 0 Å². The molecule has 0 unspecified atom stereocenters. The van der Waals surface area contributed by atoms with E-state index in [1.165, 1.54) is 11.1 Å². The predicted molar refractivity (Wildman–Crippen MR) is 76.5 cm³/mol. The lowest BCUT2D eigenvalue weighted by Gasteiger charge is -2.09. The fourth-order valence-electron chi connectivity index (χ4n) is 1.97. The maximum absolute atomic E-state index is 9.01. The Morgan fingerprint density at radius 1 is 0.947 bits per heavy atom. The first-order valence-electron chi connectivity index (χ1n) is 6.20. The van der Waals surface area contributed by atoms with E-state index < -0.39 is 7.12 Å². The molecule has 19 heavy (non-hydrogen) atoms. The van der Waals surface area contributed by atoms with Crippen LogP contribution in [0.4, 0.5) is 0 Å². The molecule has 0 radical (unpaired) electrons. The van der Waals surface area contributed by atoms with E-state index in [0.29, 0.717) is 12.1 Å². The van der Waals surface area contributed by atoms with Gasteiger partial charge in [-0.25, -0.2) is 0 Å². The number of hydrogen-bond donors (Lipinski definition) is 2. The largest absolute Gasteiger partial charge is 0.489 e. The molecule has 0 amide bonds. The van der Waals surface area contributed by atoms with E-state index in [-0.39, 0.29) is 0 Å². The van der Waals surface area contributed by atoms with Gasteiger partial charge in [-0.2, -0.15) is 0 Å². The highest BCUT2D eigenvalue weighted by Gasteiger charge is 2.09. The Bertz CT molecular complexity index is 530. The highest BCUT2D eigenvalue weighted by Crippen LogP contribution is 2.17. The quantitative estimate of drug-likeness (QED) is 0.816. The lowest BCUT2D eigenvalue weighted by Crippen LogP contribution is -2.29. The monoisotopic (exact) mass is 256 g/mol. The standard InChI is InChI=1S/C15H17BO3/c1-11-7-12(2)9-15(8-11)19-10-13-3-5-14(6-4-13)16(17)18/h3-9,17-18H,10H2,1-2H3. The lowest BCUT2D eigenvalue weighted by molar-refractivity contribution is 0.306. The van der Waals surface area contributed by atoms with Gasteiger partial charge < -0.3 is 14.8 Å². The molecule has 0 spiro atoms. The van der Waals surface area contributed by atoms with Crippen LogP contribution in [0.3, 0.4) is 0 Å². The molecule has 0 aliphatic rings. The molecule has 0 atom stereocenters. The van der Waals surface area contributed by atoms with Crippen molar-refractivity contribution in [1.82, 2.24) is 0 Å². The van der Waals surface area contributed by atoms with Crippen LogP contribution < -0.4 is 10.2 Å². The summed E-state index contributed by atoms with van der Waals surface area (Å²) >= 11 is 0. The van der Waals surface area contributed by atoms with E-state index in [4.69, 9.17) is 14.8 Å². The van der Waals surface area contributed by atoms with Crippen LogP contribution in [0.1, 0.15) is 16.7 Å². The Morgan fingerprint density at radius 3 is 2.05 bits per heavy atom. The third-order valence-electron chi connectivity index (χ3n) is 2.88. The van der Waals surface area contributed by atoms with Gasteiger partial charge in [-0.15, -0.1) is 0 Å². The fraction of sp³-hybridized carbons (Fsp3) is 0.200. The minimum Gasteiger partial charge on any atom is -0.489 e. The zero-order chi connectivity index (χ0) is 13.8. The third-order valence-corrected chi connectivity index (χ3v) is 2.88. The summed E-state index contributed by atoms with van der Waals surface area (Å²) in [6.45, 7) is 4.54. The number of ether oxygens (including phenoxy) is 1. The number of rotatable bonds is 4. The molecule has 2 rings (SSSR count). The van der Waals surface area contributed by atoms with Crippen molar-refractivity contribution in [2.45, 2.75) is 20.5 Å². The summed E-state index contributed by atoms with van der Waals surface area (Å²) in [5.74, 6) is 0.851. The first-order chi connectivity index (χ1) is 9.04. The summed E-state index contributed by atoms with van der Waals surface area (Å²) < 4.78 is 5.73. The minimum atomic E-state index is -1.42. The minimum absolute atomic E-state index is 0.463. The van der Waals surface area contributed by atoms with Gasteiger partial charge in [0, 0.05) is 0 Å². The number of hydrogen-bond acceptors (Lipinski definition) is 3. The Hall–Kier alpha value is -1.78. The highest BCUT2D eigenvalue weighted by atomic mass is 16.5. The van der Waals surface area contributed by atoms with Gasteiger partial charge in [-0.3, -0.25) is 0 Å². The summed E-state index contributed by atoms with van der Waals surface area (Å²) in [6.07, 6.45) is 0. The molecule has 2 aromatic carbocycles. The van der Waals surface area contributed by atoms with Crippen LogP contribution in [0.15, 0.2) is 42.5 Å². The maximum Gasteiger partial charge on any atom is 0.488 e. The first kappa shape index (κ1) is 13.7. The van der Waals surface area contributed by atoms with E-state index in [1.807, 2.05) is 38.1 Å². The summed E-state index contributed by atoms with van der Waals surface area (Å²) in [6, 6.07) is 13.1. The van der Waals surface area contributed by atoms with Crippen molar-refractivity contribution in [3.8, 4) is 5.75 Å². The average Bonchev–Trinajstić information content (AvgIpc) is 2.36. The van der Waals surface area contributed by atoms with Crippen molar-refractivity contribution >= 4 is 12.6 Å². The SMILES string of the molecule is Cc1cc(C)cc(OCc2ccc(B(O)O)cc2)c1. The van der Waals surface area contributed by atoms with Crippen molar-refractivity contribution in [2.24, 2.45) is 0 Å². The molecule has 0 fully saturated rings. The van der Waals surface area contributed by atoms with Gasteiger partial charge in [0.05, 0.1) is 0 Å². The molecule has 0 saturated heterocycles. The Balaban J connectivity index is 2.02. The molecule has 0 bridgehead atoms. The van der Waals surface area contributed by atoms with Gasteiger partial charge in [0.1, 0.15) is 12.4 Å². The normalized spacial score (nSPS) is 10.3. The van der Waals surface area contributed by atoms with Crippen LogP contribution in [0.25, 0.3) is 0 Å². The van der Waals surface area contributed by atoms with E-state index >= 15 is 0 Å². The molecular weight excluding hydrogens is 239 g/mol. The smallest absolute Gasteiger partial charge is 0.488 e.